The smallest absolute Gasteiger partial charge is 0.287 e. The monoisotopic (exact) mass is 360 g/mol. The van der Waals surface area contributed by atoms with Crippen molar-refractivity contribution in [2.45, 2.75) is 13.5 Å². The van der Waals surface area contributed by atoms with Gasteiger partial charge in [-0.15, -0.1) is 0 Å². The van der Waals surface area contributed by atoms with Crippen LogP contribution >= 0.6 is 11.6 Å². The van der Waals surface area contributed by atoms with Crippen LogP contribution in [0.1, 0.15) is 11.1 Å². The minimum Gasteiger partial charge on any atom is -0.345 e. The number of aryl methyl sites for hydroxylation is 1. The predicted molar refractivity (Wildman–Crippen MR) is 94.7 cm³/mol. The van der Waals surface area contributed by atoms with Crippen molar-refractivity contribution < 1.29 is 9.72 Å². The fourth-order valence-electron chi connectivity index (χ4n) is 2.85. The Morgan fingerprint density at radius 3 is 2.60 bits per heavy atom. The summed E-state index contributed by atoms with van der Waals surface area (Å²) in [6.07, 6.45) is 1.23. The standard InChI is InChI=1S/C17H17ClN4O3/c1-12-8-15(22(24)25)9-19-17(12)21-7-6-20(16(23)11-21)10-13-2-4-14(18)5-3-13/h2-5,8-9H,6-7,10-11H2,1H3. The van der Waals surface area contributed by atoms with Gasteiger partial charge in [-0.3, -0.25) is 14.9 Å². The van der Waals surface area contributed by atoms with Gasteiger partial charge in [-0.2, -0.15) is 0 Å². The van der Waals surface area contributed by atoms with Gasteiger partial charge in [0.15, 0.2) is 0 Å². The Morgan fingerprint density at radius 1 is 1.28 bits per heavy atom. The molecule has 8 heteroatoms. The van der Waals surface area contributed by atoms with Crippen LogP contribution in [0.5, 0.6) is 0 Å². The molecule has 1 aromatic heterocycles. The highest BCUT2D eigenvalue weighted by molar-refractivity contribution is 6.30. The zero-order valence-electron chi connectivity index (χ0n) is 13.7. The Morgan fingerprint density at radius 2 is 2.00 bits per heavy atom. The molecule has 0 saturated carbocycles. The van der Waals surface area contributed by atoms with Crippen LogP contribution in [0, 0.1) is 17.0 Å². The van der Waals surface area contributed by atoms with E-state index in [1.807, 2.05) is 29.2 Å². The summed E-state index contributed by atoms with van der Waals surface area (Å²) < 4.78 is 0. The van der Waals surface area contributed by atoms with Gasteiger partial charge in [-0.05, 0) is 30.2 Å². The van der Waals surface area contributed by atoms with Crippen LogP contribution in [0.15, 0.2) is 36.5 Å². The maximum absolute atomic E-state index is 12.5. The minimum atomic E-state index is -0.473. The number of hydrogen-bond donors (Lipinski definition) is 0. The van der Waals surface area contributed by atoms with E-state index in [9.17, 15) is 14.9 Å². The molecule has 0 spiro atoms. The van der Waals surface area contributed by atoms with Crippen LogP contribution in [0.3, 0.4) is 0 Å². The third-order valence-electron chi connectivity index (χ3n) is 4.15. The Bertz CT molecular complexity index is 810. The van der Waals surface area contributed by atoms with Gasteiger partial charge < -0.3 is 9.80 Å². The molecule has 1 amide bonds. The number of aromatic nitrogens is 1. The Balaban J connectivity index is 1.68. The van der Waals surface area contributed by atoms with E-state index in [4.69, 9.17) is 11.6 Å². The molecule has 0 bridgehead atoms. The van der Waals surface area contributed by atoms with Crippen molar-refractivity contribution in [3.05, 3.63) is 62.8 Å². The van der Waals surface area contributed by atoms with Gasteiger partial charge >= 0.3 is 0 Å². The third-order valence-corrected chi connectivity index (χ3v) is 4.40. The van der Waals surface area contributed by atoms with Crippen molar-refractivity contribution in [3.8, 4) is 0 Å². The van der Waals surface area contributed by atoms with Gasteiger partial charge in [0.05, 0.1) is 11.5 Å². The molecule has 1 aliphatic rings. The highest BCUT2D eigenvalue weighted by Crippen LogP contribution is 2.23. The number of anilines is 1. The van der Waals surface area contributed by atoms with Crippen molar-refractivity contribution in [1.29, 1.82) is 0 Å². The van der Waals surface area contributed by atoms with Crippen LogP contribution in [0.25, 0.3) is 0 Å². The number of rotatable bonds is 4. The average Bonchev–Trinajstić information content (AvgIpc) is 2.58. The molecule has 7 nitrogen and oxygen atoms in total. The summed E-state index contributed by atoms with van der Waals surface area (Å²) in [7, 11) is 0. The molecule has 0 aliphatic carbocycles. The summed E-state index contributed by atoms with van der Waals surface area (Å²) in [6.45, 7) is 3.71. The van der Waals surface area contributed by atoms with Crippen molar-refractivity contribution in [3.63, 3.8) is 0 Å². The van der Waals surface area contributed by atoms with Gasteiger partial charge in [0, 0.05) is 30.7 Å². The molecule has 25 heavy (non-hydrogen) atoms. The van der Waals surface area contributed by atoms with E-state index in [1.165, 1.54) is 12.3 Å². The molecule has 1 fully saturated rings. The molecule has 1 aromatic carbocycles. The fraction of sp³-hybridized carbons (Fsp3) is 0.294. The van der Waals surface area contributed by atoms with Crippen LogP contribution in [-0.2, 0) is 11.3 Å². The number of hydrogen-bond acceptors (Lipinski definition) is 5. The number of carbonyl (C=O) groups excluding carboxylic acids is 1. The number of nitro groups is 1. The van der Waals surface area contributed by atoms with Gasteiger partial charge in [0.2, 0.25) is 5.91 Å². The van der Waals surface area contributed by atoms with Crippen molar-refractivity contribution in [1.82, 2.24) is 9.88 Å². The van der Waals surface area contributed by atoms with E-state index in [2.05, 4.69) is 4.98 Å². The average molecular weight is 361 g/mol. The Labute approximate surface area is 150 Å². The normalized spacial score (nSPS) is 14.7. The molecule has 3 rings (SSSR count). The van der Waals surface area contributed by atoms with Crippen molar-refractivity contribution >= 4 is 29.0 Å². The van der Waals surface area contributed by atoms with E-state index in [0.29, 0.717) is 36.0 Å². The number of carbonyl (C=O) groups is 1. The first kappa shape index (κ1) is 17.2. The van der Waals surface area contributed by atoms with Crippen LogP contribution in [0.2, 0.25) is 5.02 Å². The number of benzene rings is 1. The molecule has 130 valence electrons. The van der Waals surface area contributed by atoms with E-state index in [1.54, 1.807) is 11.8 Å². The quantitative estimate of drug-likeness (QED) is 0.618. The summed E-state index contributed by atoms with van der Waals surface area (Å²) in [4.78, 5) is 30.6. The number of pyridine rings is 1. The predicted octanol–water partition coefficient (Wildman–Crippen LogP) is 2.80. The lowest BCUT2D eigenvalue weighted by Gasteiger charge is -2.35. The second-order valence-electron chi connectivity index (χ2n) is 5.95. The second kappa shape index (κ2) is 7.06. The van der Waals surface area contributed by atoms with E-state index < -0.39 is 4.92 Å². The second-order valence-corrected chi connectivity index (χ2v) is 6.39. The summed E-state index contributed by atoms with van der Waals surface area (Å²) in [5.41, 5.74) is 1.66. The van der Waals surface area contributed by atoms with Crippen LogP contribution in [-0.4, -0.2) is 40.3 Å². The van der Waals surface area contributed by atoms with Crippen LogP contribution < -0.4 is 4.90 Å². The molecule has 2 aromatic rings. The highest BCUT2D eigenvalue weighted by atomic mass is 35.5. The molecule has 1 aliphatic heterocycles. The SMILES string of the molecule is Cc1cc([N+](=O)[O-])cnc1N1CCN(Cc2ccc(Cl)cc2)C(=O)C1. The largest absolute Gasteiger partial charge is 0.345 e. The molecular formula is C17H17ClN4O3. The summed E-state index contributed by atoms with van der Waals surface area (Å²) in [5, 5.41) is 11.5. The topological polar surface area (TPSA) is 79.6 Å². The minimum absolute atomic E-state index is 0.000697. The van der Waals surface area contributed by atoms with Gasteiger partial charge in [0.1, 0.15) is 12.0 Å². The molecule has 0 radical (unpaired) electrons. The summed E-state index contributed by atoms with van der Waals surface area (Å²) >= 11 is 5.88. The van der Waals surface area contributed by atoms with Gasteiger partial charge in [-0.25, -0.2) is 4.98 Å². The Hall–Kier alpha value is -2.67. The van der Waals surface area contributed by atoms with Crippen molar-refractivity contribution in [2.24, 2.45) is 0 Å². The van der Waals surface area contributed by atoms with Crippen LogP contribution in [0.4, 0.5) is 11.5 Å². The fourth-order valence-corrected chi connectivity index (χ4v) is 2.98. The Kier molecular flexibility index (Phi) is 4.85. The molecule has 0 atom stereocenters. The summed E-state index contributed by atoms with van der Waals surface area (Å²) in [5.74, 6) is 0.617. The van der Waals surface area contributed by atoms with E-state index >= 15 is 0 Å². The zero-order chi connectivity index (χ0) is 18.0. The first-order chi connectivity index (χ1) is 11.9. The van der Waals surface area contributed by atoms with Gasteiger partial charge in [-0.1, -0.05) is 23.7 Å². The molecule has 1 saturated heterocycles. The maximum Gasteiger partial charge on any atom is 0.287 e. The number of piperazine rings is 1. The lowest BCUT2D eigenvalue weighted by Crippen LogP contribution is -2.50. The first-order valence-corrected chi connectivity index (χ1v) is 8.20. The molecular weight excluding hydrogens is 344 g/mol. The van der Waals surface area contributed by atoms with Crippen molar-refractivity contribution in [2.75, 3.05) is 24.5 Å². The lowest BCUT2D eigenvalue weighted by molar-refractivity contribution is -0.385. The van der Waals surface area contributed by atoms with E-state index in [-0.39, 0.29) is 18.1 Å². The zero-order valence-corrected chi connectivity index (χ0v) is 14.4. The molecule has 0 unspecified atom stereocenters. The third kappa shape index (κ3) is 3.88. The summed E-state index contributed by atoms with van der Waals surface area (Å²) in [6, 6.07) is 8.91. The molecule has 2 heterocycles. The maximum atomic E-state index is 12.5. The lowest BCUT2D eigenvalue weighted by atomic mass is 10.2. The number of nitrogens with zero attached hydrogens (tertiary/aromatic N) is 4. The van der Waals surface area contributed by atoms with Gasteiger partial charge in [0.25, 0.3) is 5.69 Å². The highest BCUT2D eigenvalue weighted by Gasteiger charge is 2.26. The molecule has 0 N–H and O–H groups in total. The first-order valence-electron chi connectivity index (χ1n) is 7.82. The van der Waals surface area contributed by atoms with E-state index in [0.717, 1.165) is 5.56 Å². The number of halogens is 1. The number of amides is 1.